The predicted octanol–water partition coefficient (Wildman–Crippen LogP) is 2.30. The Labute approximate surface area is 133 Å². The average molecular weight is 313 g/mol. The number of Topliss-reactive ketones (excluding diaryl/α,β-unsaturated/α-hetero) is 1. The van der Waals surface area contributed by atoms with E-state index in [1.54, 1.807) is 36.4 Å². The molecular weight excluding hydrogens is 298 g/mol. The first-order chi connectivity index (χ1) is 11.1. The molecule has 2 aromatic rings. The minimum absolute atomic E-state index is 0.00892. The van der Waals surface area contributed by atoms with Crippen molar-refractivity contribution in [1.29, 1.82) is 0 Å². The Hall–Kier alpha value is -3.15. The highest BCUT2D eigenvalue weighted by Crippen LogP contribution is 2.16. The number of nitrogens with one attached hydrogen (secondary N) is 1. The second-order valence-electron chi connectivity index (χ2n) is 4.55. The van der Waals surface area contributed by atoms with E-state index in [-0.39, 0.29) is 11.1 Å². The van der Waals surface area contributed by atoms with E-state index >= 15 is 0 Å². The summed E-state index contributed by atoms with van der Waals surface area (Å²) in [6, 6.07) is 12.5. The first kappa shape index (κ1) is 16.2. The Morgan fingerprint density at radius 1 is 0.870 bits per heavy atom. The summed E-state index contributed by atoms with van der Waals surface area (Å²) in [5, 5.41) is 2.48. The van der Waals surface area contributed by atoms with E-state index in [9.17, 15) is 14.4 Å². The van der Waals surface area contributed by atoms with Gasteiger partial charge in [-0.2, -0.15) is 0 Å². The molecule has 0 unspecified atom stereocenters. The lowest BCUT2D eigenvalue weighted by molar-refractivity contribution is -0.112. The normalized spacial score (nSPS) is 9.83. The molecule has 0 bridgehead atoms. The smallest absolute Gasteiger partial charge is 0.338 e. The van der Waals surface area contributed by atoms with Gasteiger partial charge in [-0.25, -0.2) is 4.79 Å². The van der Waals surface area contributed by atoms with Gasteiger partial charge in [-0.1, -0.05) is 12.1 Å². The van der Waals surface area contributed by atoms with Crippen LogP contribution in [0.4, 0.5) is 5.69 Å². The lowest BCUT2D eigenvalue weighted by atomic mass is 10.0. The highest BCUT2D eigenvalue weighted by atomic mass is 16.5. The summed E-state index contributed by atoms with van der Waals surface area (Å²) < 4.78 is 9.63. The van der Waals surface area contributed by atoms with E-state index in [1.807, 2.05) is 0 Å². The number of anilines is 1. The summed E-state index contributed by atoms with van der Waals surface area (Å²) in [6.07, 6.45) is 0. The highest BCUT2D eigenvalue weighted by Gasteiger charge is 2.22. The molecule has 1 N–H and O–H groups in total. The van der Waals surface area contributed by atoms with Crippen LogP contribution in [0.25, 0.3) is 0 Å². The molecule has 0 aliphatic rings. The van der Waals surface area contributed by atoms with Gasteiger partial charge >= 0.3 is 5.97 Å². The number of carbonyl (C=O) groups excluding carboxylic acids is 3. The van der Waals surface area contributed by atoms with Crippen molar-refractivity contribution in [3.8, 4) is 5.75 Å². The summed E-state index contributed by atoms with van der Waals surface area (Å²) in [6.45, 7) is 0. The number of amides is 1. The van der Waals surface area contributed by atoms with Crippen molar-refractivity contribution in [1.82, 2.24) is 0 Å². The summed E-state index contributed by atoms with van der Waals surface area (Å²) in [7, 11) is 2.74. The van der Waals surface area contributed by atoms with Crippen LogP contribution in [-0.4, -0.2) is 31.9 Å². The fraction of sp³-hybridized carbons (Fsp3) is 0.118. The molecule has 0 saturated heterocycles. The maximum atomic E-state index is 12.3. The van der Waals surface area contributed by atoms with Gasteiger partial charge in [0.15, 0.2) is 0 Å². The molecule has 2 aromatic carbocycles. The third-order valence-electron chi connectivity index (χ3n) is 3.13. The fourth-order valence-corrected chi connectivity index (χ4v) is 1.95. The molecule has 2 rings (SSSR count). The molecule has 118 valence electrons. The second kappa shape index (κ2) is 7.22. The molecule has 0 fully saturated rings. The van der Waals surface area contributed by atoms with Gasteiger partial charge in [0.05, 0.1) is 19.8 Å². The van der Waals surface area contributed by atoms with E-state index in [4.69, 9.17) is 4.74 Å². The number of ether oxygens (including phenoxy) is 2. The van der Waals surface area contributed by atoms with Crippen molar-refractivity contribution in [2.45, 2.75) is 0 Å². The number of carbonyl (C=O) groups is 3. The van der Waals surface area contributed by atoms with Gasteiger partial charge in [-0.15, -0.1) is 0 Å². The maximum Gasteiger partial charge on any atom is 0.338 e. The molecule has 0 atom stereocenters. The SMILES string of the molecule is COC(=O)c1ccccc1C(=O)C(=O)Nc1ccc(OC)cc1. The molecular formula is C17H15NO5. The molecule has 0 aliphatic heterocycles. The molecule has 23 heavy (non-hydrogen) atoms. The number of hydrogen-bond acceptors (Lipinski definition) is 5. The molecule has 1 amide bonds. The predicted molar refractivity (Wildman–Crippen MR) is 83.7 cm³/mol. The van der Waals surface area contributed by atoms with Crippen LogP contribution in [0.5, 0.6) is 5.75 Å². The van der Waals surface area contributed by atoms with Gasteiger partial charge in [0.1, 0.15) is 5.75 Å². The molecule has 6 heteroatoms. The number of methoxy groups -OCH3 is 2. The maximum absolute atomic E-state index is 12.3. The van der Waals surface area contributed by atoms with Gasteiger partial charge in [0, 0.05) is 11.3 Å². The van der Waals surface area contributed by atoms with Crippen LogP contribution in [0.1, 0.15) is 20.7 Å². The van der Waals surface area contributed by atoms with Crippen LogP contribution in [0.2, 0.25) is 0 Å². The Kier molecular flexibility index (Phi) is 5.09. The van der Waals surface area contributed by atoms with Crippen molar-refractivity contribution in [2.24, 2.45) is 0 Å². The highest BCUT2D eigenvalue weighted by molar-refractivity contribution is 6.47. The Morgan fingerprint density at radius 2 is 1.48 bits per heavy atom. The quantitative estimate of drug-likeness (QED) is 0.520. The van der Waals surface area contributed by atoms with Gasteiger partial charge in [-0.05, 0) is 36.4 Å². The van der Waals surface area contributed by atoms with Crippen molar-refractivity contribution >= 4 is 23.3 Å². The van der Waals surface area contributed by atoms with Crippen molar-refractivity contribution < 1.29 is 23.9 Å². The largest absolute Gasteiger partial charge is 0.497 e. The summed E-state index contributed by atoms with van der Waals surface area (Å²) in [5.41, 5.74) is 0.481. The fourth-order valence-electron chi connectivity index (χ4n) is 1.95. The molecule has 0 radical (unpaired) electrons. The number of benzene rings is 2. The minimum Gasteiger partial charge on any atom is -0.497 e. The molecule has 0 heterocycles. The minimum atomic E-state index is -0.841. The molecule has 6 nitrogen and oxygen atoms in total. The third kappa shape index (κ3) is 3.74. The van der Waals surface area contributed by atoms with Crippen LogP contribution < -0.4 is 10.1 Å². The monoisotopic (exact) mass is 313 g/mol. The van der Waals surface area contributed by atoms with Crippen molar-refractivity contribution in [3.63, 3.8) is 0 Å². The van der Waals surface area contributed by atoms with Crippen LogP contribution in [0.3, 0.4) is 0 Å². The van der Waals surface area contributed by atoms with Crippen LogP contribution in [-0.2, 0) is 9.53 Å². The lowest BCUT2D eigenvalue weighted by Crippen LogP contribution is -2.25. The number of esters is 1. The Balaban J connectivity index is 2.19. The number of ketones is 1. The van der Waals surface area contributed by atoms with Crippen molar-refractivity contribution in [3.05, 3.63) is 59.7 Å². The first-order valence-corrected chi connectivity index (χ1v) is 6.74. The zero-order valence-corrected chi connectivity index (χ0v) is 12.7. The van der Waals surface area contributed by atoms with Gasteiger partial charge in [0.25, 0.3) is 11.7 Å². The van der Waals surface area contributed by atoms with Gasteiger partial charge in [0.2, 0.25) is 0 Å². The van der Waals surface area contributed by atoms with Crippen LogP contribution in [0.15, 0.2) is 48.5 Å². The molecule has 0 aromatic heterocycles. The van der Waals surface area contributed by atoms with E-state index < -0.39 is 17.7 Å². The lowest BCUT2D eigenvalue weighted by Gasteiger charge is -2.08. The van der Waals surface area contributed by atoms with E-state index in [2.05, 4.69) is 10.1 Å². The zero-order chi connectivity index (χ0) is 16.8. The van der Waals surface area contributed by atoms with Crippen molar-refractivity contribution in [2.75, 3.05) is 19.5 Å². The van der Waals surface area contributed by atoms with E-state index in [0.29, 0.717) is 11.4 Å². The second-order valence-corrected chi connectivity index (χ2v) is 4.55. The summed E-state index contributed by atoms with van der Waals surface area (Å²) in [4.78, 5) is 36.0. The van der Waals surface area contributed by atoms with E-state index in [1.165, 1.54) is 26.4 Å². The molecule has 0 aliphatic carbocycles. The number of rotatable bonds is 5. The Morgan fingerprint density at radius 3 is 2.04 bits per heavy atom. The topological polar surface area (TPSA) is 81.7 Å². The van der Waals surface area contributed by atoms with Gasteiger partial charge < -0.3 is 14.8 Å². The van der Waals surface area contributed by atoms with E-state index in [0.717, 1.165) is 0 Å². The van der Waals surface area contributed by atoms with Crippen LogP contribution in [0, 0.1) is 0 Å². The van der Waals surface area contributed by atoms with Crippen LogP contribution >= 0.6 is 0 Å². The number of hydrogen-bond donors (Lipinski definition) is 1. The first-order valence-electron chi connectivity index (χ1n) is 6.74. The summed E-state index contributed by atoms with van der Waals surface area (Å²) in [5.74, 6) is -1.70. The summed E-state index contributed by atoms with van der Waals surface area (Å²) >= 11 is 0. The third-order valence-corrected chi connectivity index (χ3v) is 3.13. The molecule has 0 spiro atoms. The zero-order valence-electron chi connectivity index (χ0n) is 12.7. The Bertz CT molecular complexity index is 737. The average Bonchev–Trinajstić information content (AvgIpc) is 2.61. The molecule has 0 saturated carbocycles. The van der Waals surface area contributed by atoms with Gasteiger partial charge in [-0.3, -0.25) is 9.59 Å². The standard InChI is InChI=1S/C17H15NO5/c1-22-12-9-7-11(8-10-12)18-16(20)15(19)13-5-3-4-6-14(13)17(21)23-2/h3-10H,1-2H3,(H,18,20).